The number of allylic oxidation sites excluding steroid dienone is 5. The van der Waals surface area contributed by atoms with E-state index in [0.717, 1.165) is 6.26 Å². The number of hydrogen-bond donors (Lipinski definition) is 0. The third-order valence-corrected chi connectivity index (χ3v) is 2.83. The van der Waals surface area contributed by atoms with Crippen molar-refractivity contribution in [2.24, 2.45) is 0 Å². The van der Waals surface area contributed by atoms with Crippen LogP contribution in [0.2, 0.25) is 0 Å². The van der Waals surface area contributed by atoms with Gasteiger partial charge in [0, 0.05) is 6.42 Å². The molecule has 0 amide bonds. The predicted octanol–water partition coefficient (Wildman–Crippen LogP) is 4.32. The summed E-state index contributed by atoms with van der Waals surface area (Å²) in [6.07, 6.45) is 8.18. The Hall–Kier alpha value is -2.43. The first-order chi connectivity index (χ1) is 10.6. The molecule has 2 aromatic rings. The van der Waals surface area contributed by atoms with E-state index in [1.54, 1.807) is 24.3 Å². The molecule has 2 heterocycles. The molecule has 0 unspecified atom stereocenters. The minimum Gasteiger partial charge on any atom is -0.443 e. The highest BCUT2D eigenvalue weighted by Crippen LogP contribution is 2.17. The largest absolute Gasteiger partial charge is 0.443 e. The van der Waals surface area contributed by atoms with Gasteiger partial charge in [0.15, 0.2) is 5.82 Å². The molecule has 0 bridgehead atoms. The van der Waals surface area contributed by atoms with E-state index in [9.17, 15) is 9.18 Å². The van der Waals surface area contributed by atoms with Crippen LogP contribution in [-0.4, -0.2) is 9.55 Å². The van der Waals surface area contributed by atoms with Crippen molar-refractivity contribution < 1.29 is 8.81 Å². The smallest absolute Gasteiger partial charge is 0.272 e. The van der Waals surface area contributed by atoms with Crippen LogP contribution in [0.15, 0.2) is 46.4 Å². The summed E-state index contributed by atoms with van der Waals surface area (Å²) < 4.78 is 20.0. The summed E-state index contributed by atoms with van der Waals surface area (Å²) in [5.41, 5.74) is 0.127. The maximum absolute atomic E-state index is 13.7. The molecule has 0 saturated heterocycles. The molecule has 0 spiro atoms. The highest BCUT2D eigenvalue weighted by Gasteiger charge is 2.17. The van der Waals surface area contributed by atoms with Crippen molar-refractivity contribution in [1.82, 2.24) is 9.55 Å². The maximum atomic E-state index is 13.7. The fourth-order valence-corrected chi connectivity index (χ4v) is 2.00. The Labute approximate surface area is 129 Å². The van der Waals surface area contributed by atoms with Crippen molar-refractivity contribution in [3.63, 3.8) is 0 Å². The summed E-state index contributed by atoms with van der Waals surface area (Å²) in [6, 6.07) is 0. The van der Waals surface area contributed by atoms with Gasteiger partial charge in [-0.2, -0.15) is 4.98 Å². The van der Waals surface area contributed by atoms with Crippen LogP contribution in [0.5, 0.6) is 0 Å². The van der Waals surface area contributed by atoms with Gasteiger partial charge in [-0.3, -0.25) is 9.36 Å². The molecule has 4 nitrogen and oxygen atoms in total. The van der Waals surface area contributed by atoms with Crippen LogP contribution >= 0.6 is 0 Å². The van der Waals surface area contributed by atoms with Crippen LogP contribution in [0.25, 0.3) is 16.8 Å². The lowest BCUT2D eigenvalue weighted by molar-refractivity contribution is 0.551. The van der Waals surface area contributed by atoms with Gasteiger partial charge in [0.25, 0.3) is 5.56 Å². The molecular weight excluding hydrogens is 283 g/mol. The quantitative estimate of drug-likeness (QED) is 0.790. The highest BCUT2D eigenvalue weighted by atomic mass is 19.1. The molecule has 0 N–H and O–H groups in total. The third kappa shape index (κ3) is 3.24. The van der Waals surface area contributed by atoms with Crippen molar-refractivity contribution in [3.05, 3.63) is 59.1 Å². The van der Waals surface area contributed by atoms with Gasteiger partial charge in [0.2, 0.25) is 5.71 Å². The molecule has 0 atom stereocenters. The Balaban J connectivity index is 0.00000116. The fourth-order valence-electron chi connectivity index (χ4n) is 2.00. The average molecular weight is 304 g/mol. The van der Waals surface area contributed by atoms with Crippen LogP contribution < -0.4 is 5.56 Å². The molecule has 0 saturated carbocycles. The van der Waals surface area contributed by atoms with E-state index < -0.39 is 11.4 Å². The summed E-state index contributed by atoms with van der Waals surface area (Å²) in [7, 11) is 0. The third-order valence-electron chi connectivity index (χ3n) is 2.83. The summed E-state index contributed by atoms with van der Waals surface area (Å²) in [6.45, 7) is 11.3. The van der Waals surface area contributed by atoms with E-state index in [2.05, 4.69) is 11.6 Å². The standard InChI is InChI=1S/C15H15FN2O2.C2H6/c1-4-7-10(8-5-2)18-12(6-3)17-14-13(15(18)19)11(16)9-20-14;1-2/h4-5,7-9H,1,6H2,2-3H3;1-2H3/b8-5-,10-7+;. The number of halogens is 1. The Morgan fingerprint density at radius 3 is 2.73 bits per heavy atom. The lowest BCUT2D eigenvalue weighted by Crippen LogP contribution is -2.24. The van der Waals surface area contributed by atoms with E-state index in [0.29, 0.717) is 17.9 Å². The van der Waals surface area contributed by atoms with Gasteiger partial charge < -0.3 is 4.42 Å². The average Bonchev–Trinajstić information content (AvgIpc) is 2.90. The van der Waals surface area contributed by atoms with E-state index in [1.165, 1.54) is 4.57 Å². The Morgan fingerprint density at radius 2 is 2.18 bits per heavy atom. The second-order valence-corrected chi connectivity index (χ2v) is 4.11. The highest BCUT2D eigenvalue weighted by molar-refractivity contribution is 5.75. The van der Waals surface area contributed by atoms with Crippen LogP contribution in [0.3, 0.4) is 0 Å². The summed E-state index contributed by atoms with van der Waals surface area (Å²) in [4.78, 5) is 16.7. The number of rotatable bonds is 4. The zero-order valence-corrected chi connectivity index (χ0v) is 13.4. The predicted molar refractivity (Wildman–Crippen MR) is 88.2 cm³/mol. The maximum Gasteiger partial charge on any atom is 0.272 e. The van der Waals surface area contributed by atoms with Gasteiger partial charge in [-0.25, -0.2) is 4.39 Å². The molecule has 0 aliphatic heterocycles. The summed E-state index contributed by atoms with van der Waals surface area (Å²) >= 11 is 0. The zero-order valence-electron chi connectivity index (χ0n) is 13.4. The molecule has 2 aromatic heterocycles. The van der Waals surface area contributed by atoms with Gasteiger partial charge in [-0.1, -0.05) is 39.5 Å². The second kappa shape index (κ2) is 8.12. The summed E-state index contributed by atoms with van der Waals surface area (Å²) in [5, 5.41) is -0.137. The van der Waals surface area contributed by atoms with E-state index in [-0.39, 0.29) is 11.1 Å². The van der Waals surface area contributed by atoms with Crippen LogP contribution in [-0.2, 0) is 6.42 Å². The first kappa shape index (κ1) is 17.6. The summed E-state index contributed by atoms with van der Waals surface area (Å²) in [5.74, 6) is -0.199. The van der Waals surface area contributed by atoms with Crippen molar-refractivity contribution in [3.8, 4) is 0 Å². The molecule has 0 aliphatic carbocycles. The van der Waals surface area contributed by atoms with E-state index >= 15 is 0 Å². The first-order valence-corrected chi connectivity index (χ1v) is 7.28. The van der Waals surface area contributed by atoms with Crippen molar-refractivity contribution in [2.45, 2.75) is 34.1 Å². The van der Waals surface area contributed by atoms with Gasteiger partial charge in [-0.15, -0.1) is 0 Å². The fraction of sp³-hybridized carbons (Fsp3) is 0.294. The number of aromatic nitrogens is 2. The van der Waals surface area contributed by atoms with Crippen molar-refractivity contribution in [2.75, 3.05) is 0 Å². The molecule has 0 fully saturated rings. The van der Waals surface area contributed by atoms with Gasteiger partial charge in [0.05, 0.1) is 5.70 Å². The molecule has 0 aromatic carbocycles. The number of fused-ring (bicyclic) bond motifs is 1. The molecular formula is C17H21FN2O2. The Morgan fingerprint density at radius 1 is 1.50 bits per heavy atom. The van der Waals surface area contributed by atoms with E-state index in [1.807, 2.05) is 27.7 Å². The lowest BCUT2D eigenvalue weighted by Gasteiger charge is -2.11. The normalized spacial score (nSPS) is 11.6. The Bertz CT molecular complexity index is 767. The topological polar surface area (TPSA) is 48.0 Å². The number of aryl methyl sites for hydroxylation is 1. The number of hydrogen-bond acceptors (Lipinski definition) is 3. The minimum absolute atomic E-state index is 0.0269. The molecule has 2 rings (SSSR count). The van der Waals surface area contributed by atoms with Gasteiger partial charge >= 0.3 is 0 Å². The van der Waals surface area contributed by atoms with Crippen molar-refractivity contribution >= 4 is 16.8 Å². The monoisotopic (exact) mass is 304 g/mol. The van der Waals surface area contributed by atoms with Crippen LogP contribution in [0.4, 0.5) is 4.39 Å². The molecule has 5 heteroatoms. The molecule has 22 heavy (non-hydrogen) atoms. The minimum atomic E-state index is -0.702. The van der Waals surface area contributed by atoms with Crippen LogP contribution in [0.1, 0.15) is 33.5 Å². The SMILES string of the molecule is C=C/C=C(\C=C/C)n1c(CC)nc2occ(F)c2c1=O.CC. The van der Waals surface area contributed by atoms with Crippen LogP contribution in [0, 0.1) is 5.82 Å². The lowest BCUT2D eigenvalue weighted by atomic mass is 10.3. The number of furan rings is 1. The molecule has 118 valence electrons. The van der Waals surface area contributed by atoms with Crippen molar-refractivity contribution in [1.29, 1.82) is 0 Å². The Kier molecular flexibility index (Phi) is 6.50. The van der Waals surface area contributed by atoms with Gasteiger partial charge in [-0.05, 0) is 19.1 Å². The number of nitrogens with zero attached hydrogens (tertiary/aromatic N) is 2. The van der Waals surface area contributed by atoms with Gasteiger partial charge in [0.1, 0.15) is 17.5 Å². The zero-order chi connectivity index (χ0) is 16.7. The van der Waals surface area contributed by atoms with E-state index in [4.69, 9.17) is 4.42 Å². The second-order valence-electron chi connectivity index (χ2n) is 4.11. The first-order valence-electron chi connectivity index (χ1n) is 7.28. The molecule has 0 radical (unpaired) electrons. The molecule has 0 aliphatic rings.